The lowest BCUT2D eigenvalue weighted by Gasteiger charge is -2.11. The maximum atomic E-state index is 5.44. The maximum Gasteiger partial charge on any atom is 0.171 e. The van der Waals surface area contributed by atoms with Crippen LogP contribution >= 0.6 is 12.2 Å². The Labute approximate surface area is 159 Å². The van der Waals surface area contributed by atoms with Gasteiger partial charge in [0.25, 0.3) is 0 Å². The third kappa shape index (κ3) is 4.11. The third-order valence-corrected chi connectivity index (χ3v) is 4.67. The van der Waals surface area contributed by atoms with Crippen molar-refractivity contribution in [2.45, 2.75) is 33.9 Å². The summed E-state index contributed by atoms with van der Waals surface area (Å²) in [6.45, 7) is 7.50. The molecule has 0 saturated heterocycles. The third-order valence-electron chi connectivity index (χ3n) is 4.43. The molecular formula is C19H24N6S. The molecule has 2 heterocycles. The Bertz CT molecular complexity index is 907. The molecule has 0 bridgehead atoms. The number of rotatable bonds is 5. The standard InChI is InChI=1S/C19H24N6S/c1-13-5-7-16(8-6-13)12-25-15(3)18(14(2)23-25)22-19(26)20-11-17-9-10-21-24(17)4/h5-10H,11-12H2,1-4H3,(H2,20,22,26). The SMILES string of the molecule is Cc1ccc(Cn2nc(C)c(NC(=S)NCc3ccnn3C)c2C)cc1. The fourth-order valence-electron chi connectivity index (χ4n) is 2.80. The molecule has 0 aliphatic carbocycles. The average Bonchev–Trinajstić information content (AvgIpc) is 3.13. The largest absolute Gasteiger partial charge is 0.357 e. The predicted octanol–water partition coefficient (Wildman–Crippen LogP) is 3.08. The van der Waals surface area contributed by atoms with E-state index in [1.807, 2.05) is 29.4 Å². The van der Waals surface area contributed by atoms with E-state index in [9.17, 15) is 0 Å². The van der Waals surface area contributed by atoms with Gasteiger partial charge in [-0.15, -0.1) is 0 Å². The number of thiocarbonyl (C=S) groups is 1. The highest BCUT2D eigenvalue weighted by Gasteiger charge is 2.13. The van der Waals surface area contributed by atoms with Gasteiger partial charge in [0.15, 0.2) is 5.11 Å². The van der Waals surface area contributed by atoms with Gasteiger partial charge in [0.2, 0.25) is 0 Å². The predicted molar refractivity (Wildman–Crippen MR) is 108 cm³/mol. The molecule has 0 saturated carbocycles. The van der Waals surface area contributed by atoms with Gasteiger partial charge in [-0.3, -0.25) is 9.36 Å². The van der Waals surface area contributed by atoms with Gasteiger partial charge in [0.05, 0.1) is 35.9 Å². The van der Waals surface area contributed by atoms with Gasteiger partial charge in [0.1, 0.15) is 0 Å². The molecule has 3 aromatic rings. The zero-order valence-corrected chi connectivity index (χ0v) is 16.4. The molecule has 6 nitrogen and oxygen atoms in total. The van der Waals surface area contributed by atoms with Crippen molar-refractivity contribution in [2.24, 2.45) is 7.05 Å². The Kier molecular flexibility index (Phi) is 5.37. The molecule has 2 N–H and O–H groups in total. The minimum Gasteiger partial charge on any atom is -0.357 e. The summed E-state index contributed by atoms with van der Waals surface area (Å²) >= 11 is 5.44. The Morgan fingerprint density at radius 1 is 1.12 bits per heavy atom. The van der Waals surface area contributed by atoms with Gasteiger partial charge < -0.3 is 10.6 Å². The van der Waals surface area contributed by atoms with E-state index < -0.39 is 0 Å². The van der Waals surface area contributed by atoms with Crippen molar-refractivity contribution in [2.75, 3.05) is 5.32 Å². The van der Waals surface area contributed by atoms with E-state index in [4.69, 9.17) is 12.2 Å². The molecule has 0 spiro atoms. The van der Waals surface area contributed by atoms with Crippen LogP contribution in [0.2, 0.25) is 0 Å². The van der Waals surface area contributed by atoms with Gasteiger partial charge in [-0.1, -0.05) is 29.8 Å². The number of benzene rings is 1. The average molecular weight is 369 g/mol. The van der Waals surface area contributed by atoms with Crippen molar-refractivity contribution in [3.63, 3.8) is 0 Å². The minimum atomic E-state index is 0.576. The monoisotopic (exact) mass is 368 g/mol. The van der Waals surface area contributed by atoms with Crippen LogP contribution < -0.4 is 10.6 Å². The van der Waals surface area contributed by atoms with Gasteiger partial charge in [-0.05, 0) is 44.6 Å². The van der Waals surface area contributed by atoms with E-state index in [1.165, 1.54) is 11.1 Å². The van der Waals surface area contributed by atoms with E-state index in [1.54, 1.807) is 6.20 Å². The number of hydrogen-bond acceptors (Lipinski definition) is 3. The van der Waals surface area contributed by atoms with Crippen LogP contribution in [-0.2, 0) is 20.1 Å². The highest BCUT2D eigenvalue weighted by Crippen LogP contribution is 2.20. The van der Waals surface area contributed by atoms with Crippen molar-refractivity contribution in [1.82, 2.24) is 24.9 Å². The zero-order chi connectivity index (χ0) is 18.7. The van der Waals surface area contributed by atoms with Gasteiger partial charge in [-0.2, -0.15) is 10.2 Å². The molecule has 3 rings (SSSR count). The van der Waals surface area contributed by atoms with E-state index in [2.05, 4.69) is 58.9 Å². The summed E-state index contributed by atoms with van der Waals surface area (Å²) in [7, 11) is 1.91. The molecule has 1 aromatic carbocycles. The molecule has 2 aromatic heterocycles. The topological polar surface area (TPSA) is 59.7 Å². The zero-order valence-electron chi connectivity index (χ0n) is 15.6. The first-order valence-corrected chi connectivity index (χ1v) is 8.96. The van der Waals surface area contributed by atoms with Crippen molar-refractivity contribution in [3.05, 3.63) is 64.7 Å². The van der Waals surface area contributed by atoms with Crippen LogP contribution in [0.1, 0.15) is 28.2 Å². The van der Waals surface area contributed by atoms with Crippen molar-refractivity contribution in [1.29, 1.82) is 0 Å². The van der Waals surface area contributed by atoms with Crippen LogP contribution in [0.4, 0.5) is 5.69 Å². The van der Waals surface area contributed by atoms with Crippen LogP contribution in [0.5, 0.6) is 0 Å². The minimum absolute atomic E-state index is 0.576. The summed E-state index contributed by atoms with van der Waals surface area (Å²) in [5, 5.41) is 15.9. The summed E-state index contributed by atoms with van der Waals surface area (Å²) in [6.07, 6.45) is 1.77. The maximum absolute atomic E-state index is 5.44. The van der Waals surface area contributed by atoms with Crippen molar-refractivity contribution in [3.8, 4) is 0 Å². The highest BCUT2D eigenvalue weighted by molar-refractivity contribution is 7.80. The number of aryl methyl sites for hydroxylation is 3. The summed E-state index contributed by atoms with van der Waals surface area (Å²) in [4.78, 5) is 0. The van der Waals surface area contributed by atoms with Crippen molar-refractivity contribution < 1.29 is 0 Å². The molecule has 0 amide bonds. The molecular weight excluding hydrogens is 344 g/mol. The van der Waals surface area contributed by atoms with Crippen LogP contribution in [-0.4, -0.2) is 24.7 Å². The Hall–Kier alpha value is -2.67. The van der Waals surface area contributed by atoms with Gasteiger partial charge in [-0.25, -0.2) is 0 Å². The normalized spacial score (nSPS) is 10.8. The second-order valence-corrected chi connectivity index (χ2v) is 6.85. The summed E-state index contributed by atoms with van der Waals surface area (Å²) < 4.78 is 3.83. The van der Waals surface area contributed by atoms with Gasteiger partial charge in [0, 0.05) is 13.2 Å². The number of nitrogens with zero attached hydrogens (tertiary/aromatic N) is 4. The molecule has 0 radical (unpaired) electrons. The van der Waals surface area contributed by atoms with E-state index >= 15 is 0 Å². The highest BCUT2D eigenvalue weighted by atomic mass is 32.1. The molecule has 0 fully saturated rings. The smallest absolute Gasteiger partial charge is 0.171 e. The van der Waals surface area contributed by atoms with E-state index in [0.29, 0.717) is 11.7 Å². The lowest BCUT2D eigenvalue weighted by atomic mass is 10.1. The summed E-state index contributed by atoms with van der Waals surface area (Å²) in [6, 6.07) is 10.5. The fraction of sp³-hybridized carbons (Fsp3) is 0.316. The van der Waals surface area contributed by atoms with Crippen LogP contribution in [0.25, 0.3) is 0 Å². The lowest BCUT2D eigenvalue weighted by Crippen LogP contribution is -2.29. The second-order valence-electron chi connectivity index (χ2n) is 6.44. The van der Waals surface area contributed by atoms with Crippen molar-refractivity contribution >= 4 is 23.0 Å². The summed E-state index contributed by atoms with van der Waals surface area (Å²) in [5.41, 5.74) is 6.50. The molecule has 26 heavy (non-hydrogen) atoms. The Morgan fingerprint density at radius 3 is 2.50 bits per heavy atom. The van der Waals surface area contributed by atoms with Gasteiger partial charge >= 0.3 is 0 Å². The molecule has 0 aliphatic rings. The Morgan fingerprint density at radius 2 is 1.85 bits per heavy atom. The molecule has 7 heteroatoms. The molecule has 0 atom stereocenters. The lowest BCUT2D eigenvalue weighted by molar-refractivity contribution is 0.659. The Balaban J connectivity index is 1.66. The number of nitrogens with one attached hydrogen (secondary N) is 2. The first-order chi connectivity index (χ1) is 12.4. The summed E-state index contributed by atoms with van der Waals surface area (Å²) in [5.74, 6) is 0. The first-order valence-electron chi connectivity index (χ1n) is 8.55. The molecule has 0 aliphatic heterocycles. The molecule has 136 valence electrons. The molecule has 0 unspecified atom stereocenters. The van der Waals surface area contributed by atoms with Crippen LogP contribution in [0, 0.1) is 20.8 Å². The van der Waals surface area contributed by atoms with E-state index in [-0.39, 0.29) is 0 Å². The first kappa shape index (κ1) is 18.1. The number of hydrogen-bond donors (Lipinski definition) is 2. The van der Waals surface area contributed by atoms with Crippen LogP contribution in [0.15, 0.2) is 36.5 Å². The fourth-order valence-corrected chi connectivity index (χ4v) is 2.98. The van der Waals surface area contributed by atoms with Crippen LogP contribution in [0.3, 0.4) is 0 Å². The second kappa shape index (κ2) is 7.70. The number of anilines is 1. The number of aromatic nitrogens is 4. The van der Waals surface area contributed by atoms with E-state index in [0.717, 1.165) is 29.3 Å². The quantitative estimate of drug-likeness (QED) is 0.678.